The summed E-state index contributed by atoms with van der Waals surface area (Å²) in [6.07, 6.45) is 0. The molecule has 224 valence electrons. The van der Waals surface area contributed by atoms with E-state index in [1.54, 1.807) is 0 Å². The summed E-state index contributed by atoms with van der Waals surface area (Å²) in [6, 6.07) is 64.4. The standard InChI is InChI=1S/C45H33NO/c1-32-39-21-11-13-26-44(39)47-45(32)36-19-14-20-38(31-36)46(43-25-12-10-24-42(43)34-17-6-3-7-18-34)37-29-27-35(28-30-37)41-23-9-8-22-40(41)33-15-4-2-5-16-33/h2-31H,1H3. The van der Waals surface area contributed by atoms with Crippen molar-refractivity contribution in [1.82, 2.24) is 0 Å². The predicted octanol–water partition coefficient (Wildman–Crippen LogP) is 12.9. The Morgan fingerprint density at radius 2 is 0.936 bits per heavy atom. The number of hydrogen-bond acceptors (Lipinski definition) is 2. The van der Waals surface area contributed by atoms with Crippen LogP contribution >= 0.6 is 0 Å². The van der Waals surface area contributed by atoms with Crippen molar-refractivity contribution in [3.8, 4) is 44.7 Å². The molecule has 1 heterocycles. The highest BCUT2D eigenvalue weighted by Crippen LogP contribution is 2.43. The van der Waals surface area contributed by atoms with Gasteiger partial charge in [-0.1, -0.05) is 146 Å². The van der Waals surface area contributed by atoms with Gasteiger partial charge in [0.1, 0.15) is 11.3 Å². The van der Waals surface area contributed by atoms with Gasteiger partial charge in [0, 0.05) is 33.5 Å². The Kier molecular flexibility index (Phi) is 7.45. The highest BCUT2D eigenvalue weighted by Gasteiger charge is 2.20. The fourth-order valence-corrected chi connectivity index (χ4v) is 6.59. The molecule has 0 saturated carbocycles. The average Bonchev–Trinajstić information content (AvgIpc) is 3.49. The molecule has 0 N–H and O–H groups in total. The number of hydrogen-bond donors (Lipinski definition) is 0. The molecule has 0 unspecified atom stereocenters. The van der Waals surface area contributed by atoms with Crippen LogP contribution in [0.1, 0.15) is 5.56 Å². The van der Waals surface area contributed by atoms with Crippen molar-refractivity contribution < 1.29 is 4.42 Å². The summed E-state index contributed by atoms with van der Waals surface area (Å²) in [4.78, 5) is 2.36. The van der Waals surface area contributed by atoms with E-state index >= 15 is 0 Å². The molecule has 0 saturated heterocycles. The van der Waals surface area contributed by atoms with Crippen molar-refractivity contribution in [3.63, 3.8) is 0 Å². The van der Waals surface area contributed by atoms with Crippen LogP contribution in [-0.4, -0.2) is 0 Å². The minimum atomic E-state index is 0.900. The SMILES string of the molecule is Cc1c(-c2cccc(N(c3ccc(-c4ccccc4-c4ccccc4)cc3)c3ccccc3-c3ccccc3)c2)oc2ccccc12. The lowest BCUT2D eigenvalue weighted by atomic mass is 9.94. The third-order valence-corrected chi connectivity index (χ3v) is 8.89. The summed E-state index contributed by atoms with van der Waals surface area (Å²) >= 11 is 0. The number of nitrogens with zero attached hydrogens (tertiary/aromatic N) is 1. The van der Waals surface area contributed by atoms with E-state index in [0.717, 1.165) is 50.5 Å². The second kappa shape index (κ2) is 12.3. The summed E-state index contributed by atoms with van der Waals surface area (Å²) < 4.78 is 6.42. The maximum absolute atomic E-state index is 6.42. The Labute approximate surface area is 275 Å². The number of anilines is 3. The van der Waals surface area contributed by atoms with Crippen LogP contribution in [0.25, 0.3) is 55.7 Å². The van der Waals surface area contributed by atoms with E-state index in [1.807, 2.05) is 12.1 Å². The van der Waals surface area contributed by atoms with E-state index in [2.05, 4.69) is 182 Å². The van der Waals surface area contributed by atoms with Gasteiger partial charge in [-0.3, -0.25) is 0 Å². The zero-order chi connectivity index (χ0) is 31.6. The molecule has 0 aliphatic heterocycles. The molecule has 8 rings (SSSR count). The second-order valence-electron chi connectivity index (χ2n) is 11.8. The van der Waals surface area contributed by atoms with E-state index in [1.165, 1.54) is 27.8 Å². The van der Waals surface area contributed by atoms with Crippen LogP contribution in [0.5, 0.6) is 0 Å². The summed E-state index contributed by atoms with van der Waals surface area (Å²) in [5, 5.41) is 1.14. The molecule has 0 radical (unpaired) electrons. The van der Waals surface area contributed by atoms with Crippen LogP contribution in [0.3, 0.4) is 0 Å². The molecule has 0 atom stereocenters. The molecule has 0 aliphatic rings. The van der Waals surface area contributed by atoms with Gasteiger partial charge in [-0.05, 0) is 71.1 Å². The first-order chi connectivity index (χ1) is 23.2. The van der Waals surface area contributed by atoms with Crippen molar-refractivity contribution in [3.05, 3.63) is 188 Å². The smallest absolute Gasteiger partial charge is 0.138 e. The Balaban J connectivity index is 1.27. The van der Waals surface area contributed by atoms with Crippen molar-refractivity contribution in [2.75, 3.05) is 4.90 Å². The largest absolute Gasteiger partial charge is 0.456 e. The molecule has 47 heavy (non-hydrogen) atoms. The lowest BCUT2D eigenvalue weighted by Crippen LogP contribution is -2.11. The third kappa shape index (κ3) is 5.41. The average molecular weight is 604 g/mol. The minimum Gasteiger partial charge on any atom is -0.456 e. The van der Waals surface area contributed by atoms with Crippen molar-refractivity contribution in [2.24, 2.45) is 0 Å². The minimum absolute atomic E-state index is 0.900. The zero-order valence-electron chi connectivity index (χ0n) is 26.2. The quantitative estimate of drug-likeness (QED) is 0.180. The maximum Gasteiger partial charge on any atom is 0.138 e. The van der Waals surface area contributed by atoms with Gasteiger partial charge in [-0.2, -0.15) is 0 Å². The molecule has 0 spiro atoms. The molecule has 1 aromatic heterocycles. The topological polar surface area (TPSA) is 16.4 Å². The highest BCUT2D eigenvalue weighted by atomic mass is 16.3. The van der Waals surface area contributed by atoms with Gasteiger partial charge >= 0.3 is 0 Å². The van der Waals surface area contributed by atoms with Gasteiger partial charge < -0.3 is 9.32 Å². The summed E-state index contributed by atoms with van der Waals surface area (Å²) in [5.74, 6) is 0.900. The highest BCUT2D eigenvalue weighted by molar-refractivity contribution is 5.92. The molecule has 2 heteroatoms. The zero-order valence-corrected chi connectivity index (χ0v) is 26.2. The first kappa shape index (κ1) is 28.4. The molecular weight excluding hydrogens is 571 g/mol. The molecule has 0 amide bonds. The fourth-order valence-electron chi connectivity index (χ4n) is 6.59. The van der Waals surface area contributed by atoms with Gasteiger partial charge in [0.15, 0.2) is 0 Å². The Morgan fingerprint density at radius 3 is 1.62 bits per heavy atom. The Bertz CT molecular complexity index is 2300. The number of furan rings is 1. The summed E-state index contributed by atoms with van der Waals surface area (Å²) in [7, 11) is 0. The van der Waals surface area contributed by atoms with Gasteiger partial charge in [0.2, 0.25) is 0 Å². The molecular formula is C45H33NO. The van der Waals surface area contributed by atoms with E-state index < -0.39 is 0 Å². The first-order valence-corrected chi connectivity index (χ1v) is 16.0. The number of aryl methyl sites for hydroxylation is 1. The van der Waals surface area contributed by atoms with Crippen LogP contribution in [-0.2, 0) is 0 Å². The lowest BCUT2D eigenvalue weighted by Gasteiger charge is -2.28. The summed E-state index contributed by atoms with van der Waals surface area (Å²) in [6.45, 7) is 2.14. The van der Waals surface area contributed by atoms with E-state index in [0.29, 0.717) is 0 Å². The summed E-state index contributed by atoms with van der Waals surface area (Å²) in [5.41, 5.74) is 13.5. The van der Waals surface area contributed by atoms with Gasteiger partial charge in [0.05, 0.1) is 5.69 Å². The third-order valence-electron chi connectivity index (χ3n) is 8.89. The van der Waals surface area contributed by atoms with Gasteiger partial charge in [0.25, 0.3) is 0 Å². The van der Waals surface area contributed by atoms with Crippen molar-refractivity contribution >= 4 is 28.0 Å². The molecule has 0 aliphatic carbocycles. The molecule has 8 aromatic rings. The normalized spacial score (nSPS) is 11.1. The van der Waals surface area contributed by atoms with Crippen molar-refractivity contribution in [1.29, 1.82) is 0 Å². The van der Waals surface area contributed by atoms with Gasteiger partial charge in [-0.25, -0.2) is 0 Å². The van der Waals surface area contributed by atoms with Crippen LogP contribution in [0, 0.1) is 6.92 Å². The Morgan fingerprint density at radius 1 is 0.404 bits per heavy atom. The molecule has 2 nitrogen and oxygen atoms in total. The van der Waals surface area contributed by atoms with E-state index in [9.17, 15) is 0 Å². The van der Waals surface area contributed by atoms with E-state index in [-0.39, 0.29) is 0 Å². The number of rotatable bonds is 7. The number of benzene rings is 7. The molecule has 0 fully saturated rings. The van der Waals surface area contributed by atoms with E-state index in [4.69, 9.17) is 4.42 Å². The van der Waals surface area contributed by atoms with Crippen molar-refractivity contribution in [2.45, 2.75) is 6.92 Å². The van der Waals surface area contributed by atoms with Crippen LogP contribution in [0.15, 0.2) is 186 Å². The van der Waals surface area contributed by atoms with Gasteiger partial charge in [-0.15, -0.1) is 0 Å². The second-order valence-corrected chi connectivity index (χ2v) is 11.8. The fraction of sp³-hybridized carbons (Fsp3) is 0.0222. The van der Waals surface area contributed by atoms with Crippen LogP contribution < -0.4 is 4.90 Å². The Hall–Kier alpha value is -6.12. The number of para-hydroxylation sites is 2. The van der Waals surface area contributed by atoms with Crippen LogP contribution in [0.2, 0.25) is 0 Å². The molecule has 7 aromatic carbocycles. The maximum atomic E-state index is 6.42. The predicted molar refractivity (Wildman–Crippen MR) is 197 cm³/mol. The first-order valence-electron chi connectivity index (χ1n) is 16.0. The molecule has 0 bridgehead atoms. The number of fused-ring (bicyclic) bond motifs is 1. The monoisotopic (exact) mass is 603 g/mol. The van der Waals surface area contributed by atoms with Crippen LogP contribution in [0.4, 0.5) is 17.1 Å². The lowest BCUT2D eigenvalue weighted by molar-refractivity contribution is 0.629.